The summed E-state index contributed by atoms with van der Waals surface area (Å²) in [6.45, 7) is 1.66. The molecule has 5 nitrogen and oxygen atoms in total. The van der Waals surface area contributed by atoms with Gasteiger partial charge in [-0.1, -0.05) is 24.3 Å². The molecule has 0 amide bonds. The third kappa shape index (κ3) is 2.48. The van der Waals surface area contributed by atoms with Gasteiger partial charge in [0.2, 0.25) is 0 Å². The fraction of sp³-hybridized carbons (Fsp3) is 0.278. The summed E-state index contributed by atoms with van der Waals surface area (Å²) < 4.78 is 1.82. The van der Waals surface area contributed by atoms with E-state index in [1.54, 1.807) is 6.07 Å². The molecule has 0 atom stereocenters. The van der Waals surface area contributed by atoms with Crippen LogP contribution in [0.25, 0.3) is 16.8 Å². The molecule has 1 aliphatic heterocycles. The van der Waals surface area contributed by atoms with E-state index in [0.29, 0.717) is 5.52 Å². The first-order valence-electron chi connectivity index (χ1n) is 7.90. The van der Waals surface area contributed by atoms with Crippen LogP contribution in [0.3, 0.4) is 0 Å². The van der Waals surface area contributed by atoms with Crippen molar-refractivity contribution in [1.82, 2.24) is 14.7 Å². The van der Waals surface area contributed by atoms with E-state index in [1.165, 1.54) is 0 Å². The number of aromatic nitrogens is 2. The van der Waals surface area contributed by atoms with E-state index < -0.39 is 5.60 Å². The fourth-order valence-corrected chi connectivity index (χ4v) is 3.29. The Bertz CT molecular complexity index is 887. The second-order valence-electron chi connectivity index (χ2n) is 6.16. The van der Waals surface area contributed by atoms with Gasteiger partial charge in [-0.25, -0.2) is 0 Å². The van der Waals surface area contributed by atoms with Crippen LogP contribution in [0.4, 0.5) is 0 Å². The molecule has 0 unspecified atom stereocenters. The lowest BCUT2D eigenvalue weighted by atomic mass is 9.85. The Kier molecular flexibility index (Phi) is 3.32. The number of nitrogens with zero attached hydrogens (tertiary/aromatic N) is 1. The summed E-state index contributed by atoms with van der Waals surface area (Å²) >= 11 is 0. The lowest BCUT2D eigenvalue weighted by molar-refractivity contribution is 0.00595. The van der Waals surface area contributed by atoms with Gasteiger partial charge in [0.1, 0.15) is 5.52 Å². The SMILES string of the molecule is O=c1[nH]c(-c2ccc(C3(O)CCNCC3)cc2)cn2cccc12. The van der Waals surface area contributed by atoms with Crippen LogP contribution in [0.1, 0.15) is 18.4 Å². The zero-order chi connectivity index (χ0) is 15.9. The number of fused-ring (bicyclic) bond motifs is 1. The molecule has 1 fully saturated rings. The number of rotatable bonds is 2. The normalized spacial score (nSPS) is 17.4. The lowest BCUT2D eigenvalue weighted by Crippen LogP contribution is -2.39. The molecule has 0 radical (unpaired) electrons. The highest BCUT2D eigenvalue weighted by Gasteiger charge is 2.30. The smallest absolute Gasteiger partial charge is 0.272 e. The average Bonchev–Trinajstić information content (AvgIpc) is 3.05. The van der Waals surface area contributed by atoms with Gasteiger partial charge in [0.15, 0.2) is 0 Å². The molecular formula is C18H19N3O2. The predicted molar refractivity (Wildman–Crippen MR) is 89.5 cm³/mol. The van der Waals surface area contributed by atoms with Crippen LogP contribution in [0.5, 0.6) is 0 Å². The number of aliphatic hydroxyl groups is 1. The molecule has 3 N–H and O–H groups in total. The molecule has 1 aliphatic rings. The number of hydrogen-bond donors (Lipinski definition) is 3. The van der Waals surface area contributed by atoms with Gasteiger partial charge in [-0.3, -0.25) is 4.79 Å². The monoisotopic (exact) mass is 309 g/mol. The number of hydrogen-bond acceptors (Lipinski definition) is 3. The Morgan fingerprint density at radius 2 is 1.83 bits per heavy atom. The minimum atomic E-state index is -0.748. The summed E-state index contributed by atoms with van der Waals surface area (Å²) in [4.78, 5) is 15.0. The first-order valence-corrected chi connectivity index (χ1v) is 7.90. The minimum Gasteiger partial charge on any atom is -0.385 e. The summed E-state index contributed by atoms with van der Waals surface area (Å²) in [5, 5.41) is 14.0. The number of nitrogens with one attached hydrogen (secondary N) is 2. The van der Waals surface area contributed by atoms with E-state index in [9.17, 15) is 9.90 Å². The molecule has 0 saturated carbocycles. The molecular weight excluding hydrogens is 290 g/mol. The standard InChI is InChI=1S/C18H19N3O2/c22-17-16-2-1-11-21(16)12-15(20-17)13-3-5-14(6-4-13)18(23)7-9-19-10-8-18/h1-6,11-12,19,23H,7-10H2,(H,20,22). The molecule has 4 rings (SSSR count). The molecule has 3 aromatic rings. The van der Waals surface area contributed by atoms with Crippen molar-refractivity contribution in [1.29, 1.82) is 0 Å². The zero-order valence-corrected chi connectivity index (χ0v) is 12.7. The Balaban J connectivity index is 1.70. The molecule has 0 aliphatic carbocycles. The maximum Gasteiger partial charge on any atom is 0.272 e. The second-order valence-corrected chi connectivity index (χ2v) is 6.16. The van der Waals surface area contributed by atoms with E-state index >= 15 is 0 Å². The van der Waals surface area contributed by atoms with Crippen molar-refractivity contribution >= 4 is 5.52 Å². The van der Waals surface area contributed by atoms with Crippen molar-refractivity contribution in [3.8, 4) is 11.3 Å². The van der Waals surface area contributed by atoms with Crippen LogP contribution in [0.15, 0.2) is 53.6 Å². The molecule has 5 heteroatoms. The number of H-pyrrole nitrogens is 1. The van der Waals surface area contributed by atoms with E-state index in [2.05, 4.69) is 10.3 Å². The Labute approximate surface area is 133 Å². The van der Waals surface area contributed by atoms with Crippen molar-refractivity contribution in [2.45, 2.75) is 18.4 Å². The molecule has 2 aromatic heterocycles. The number of benzene rings is 1. The van der Waals surface area contributed by atoms with Gasteiger partial charge in [-0.15, -0.1) is 0 Å². The summed E-state index contributed by atoms with van der Waals surface area (Å²) in [5.74, 6) is 0. The van der Waals surface area contributed by atoms with Crippen LogP contribution < -0.4 is 10.9 Å². The van der Waals surface area contributed by atoms with Crippen LogP contribution in [0.2, 0.25) is 0 Å². The summed E-state index contributed by atoms with van der Waals surface area (Å²) in [6, 6.07) is 11.5. The molecule has 3 heterocycles. The Morgan fingerprint density at radius 1 is 1.09 bits per heavy atom. The highest BCUT2D eigenvalue weighted by Crippen LogP contribution is 2.31. The van der Waals surface area contributed by atoms with Crippen LogP contribution >= 0.6 is 0 Å². The van der Waals surface area contributed by atoms with Gasteiger partial charge in [-0.2, -0.15) is 0 Å². The average molecular weight is 309 g/mol. The maximum absolute atomic E-state index is 12.1. The number of piperidine rings is 1. The van der Waals surface area contributed by atoms with Crippen molar-refractivity contribution in [2.24, 2.45) is 0 Å². The Morgan fingerprint density at radius 3 is 2.57 bits per heavy atom. The molecule has 118 valence electrons. The summed E-state index contributed by atoms with van der Waals surface area (Å²) in [5.41, 5.74) is 2.42. The van der Waals surface area contributed by atoms with Crippen LogP contribution in [-0.4, -0.2) is 27.6 Å². The van der Waals surface area contributed by atoms with Gasteiger partial charge >= 0.3 is 0 Å². The topological polar surface area (TPSA) is 69.5 Å². The van der Waals surface area contributed by atoms with E-state index in [4.69, 9.17) is 0 Å². The van der Waals surface area contributed by atoms with Crippen LogP contribution in [-0.2, 0) is 5.60 Å². The first-order chi connectivity index (χ1) is 11.2. The first kappa shape index (κ1) is 14.2. The highest BCUT2D eigenvalue weighted by molar-refractivity contribution is 5.61. The van der Waals surface area contributed by atoms with Gasteiger partial charge < -0.3 is 19.8 Å². The van der Waals surface area contributed by atoms with Gasteiger partial charge in [0.05, 0.1) is 11.3 Å². The predicted octanol–water partition coefficient (Wildman–Crippen LogP) is 1.87. The third-order valence-corrected chi connectivity index (χ3v) is 4.69. The highest BCUT2D eigenvalue weighted by atomic mass is 16.3. The molecule has 1 saturated heterocycles. The van der Waals surface area contributed by atoms with E-state index in [-0.39, 0.29) is 5.56 Å². The Hall–Kier alpha value is -2.37. The largest absolute Gasteiger partial charge is 0.385 e. The summed E-state index contributed by atoms with van der Waals surface area (Å²) in [7, 11) is 0. The minimum absolute atomic E-state index is 0.103. The van der Waals surface area contributed by atoms with Gasteiger partial charge in [0, 0.05) is 12.4 Å². The fourth-order valence-electron chi connectivity index (χ4n) is 3.29. The second kappa shape index (κ2) is 5.37. The van der Waals surface area contributed by atoms with Crippen molar-refractivity contribution in [3.05, 3.63) is 64.7 Å². The number of aromatic amines is 1. The summed E-state index contributed by atoms with van der Waals surface area (Å²) in [6.07, 6.45) is 5.21. The third-order valence-electron chi connectivity index (χ3n) is 4.69. The van der Waals surface area contributed by atoms with Gasteiger partial charge in [0.25, 0.3) is 5.56 Å². The quantitative estimate of drug-likeness (QED) is 0.677. The van der Waals surface area contributed by atoms with Crippen molar-refractivity contribution < 1.29 is 5.11 Å². The van der Waals surface area contributed by atoms with Crippen molar-refractivity contribution in [3.63, 3.8) is 0 Å². The molecule has 23 heavy (non-hydrogen) atoms. The van der Waals surface area contributed by atoms with E-state index in [1.807, 2.05) is 47.1 Å². The van der Waals surface area contributed by atoms with Crippen molar-refractivity contribution in [2.75, 3.05) is 13.1 Å². The van der Waals surface area contributed by atoms with E-state index in [0.717, 1.165) is 42.8 Å². The molecule has 1 aromatic carbocycles. The molecule has 0 bridgehead atoms. The lowest BCUT2D eigenvalue weighted by Gasteiger charge is -2.33. The molecule has 0 spiro atoms. The van der Waals surface area contributed by atoms with Crippen LogP contribution in [0, 0.1) is 0 Å². The maximum atomic E-state index is 12.1. The zero-order valence-electron chi connectivity index (χ0n) is 12.7. The van der Waals surface area contributed by atoms with Gasteiger partial charge in [-0.05, 0) is 49.2 Å².